The van der Waals surface area contributed by atoms with Gasteiger partial charge in [0.25, 0.3) is 0 Å². The van der Waals surface area contributed by atoms with Gasteiger partial charge in [-0.25, -0.2) is 9.78 Å². The van der Waals surface area contributed by atoms with Crippen LogP contribution in [0.4, 0.5) is 10.5 Å². The molecule has 6 heteroatoms. The van der Waals surface area contributed by atoms with E-state index in [1.54, 1.807) is 36.7 Å². The monoisotopic (exact) mass is 306 g/mol. The van der Waals surface area contributed by atoms with Gasteiger partial charge in [-0.05, 0) is 30.3 Å². The molecule has 0 saturated carbocycles. The molecule has 2 N–H and O–H groups in total. The number of benzene rings is 1. The van der Waals surface area contributed by atoms with Crippen molar-refractivity contribution in [1.82, 2.24) is 0 Å². The average Bonchev–Trinajstić information content (AvgIpc) is 2.48. The first kappa shape index (κ1) is 16.5. The topological polar surface area (TPSA) is 61.7 Å². The number of rotatable bonds is 5. The molecule has 110 valence electrons. The third-order valence-electron chi connectivity index (χ3n) is 2.35. The number of ether oxygens (including phenoxy) is 2. The molecule has 0 radical (unpaired) electrons. The number of carbonyl (C=O) groups excluding carboxylic acids is 1. The number of anilines is 1. The normalized spacial score (nSPS) is 9.14. The Morgan fingerprint density at radius 3 is 2.62 bits per heavy atom. The number of halogens is 1. The molecule has 1 aromatic heterocycles. The fourth-order valence-corrected chi connectivity index (χ4v) is 1.47. The number of hydrogen-bond donors (Lipinski definition) is 1. The Balaban J connectivity index is 0.00000220. The van der Waals surface area contributed by atoms with Gasteiger partial charge in [0.15, 0.2) is 11.9 Å². The van der Waals surface area contributed by atoms with E-state index in [4.69, 9.17) is 9.47 Å². The highest BCUT2D eigenvalue weighted by Gasteiger charge is 2.03. The van der Waals surface area contributed by atoms with E-state index in [1.165, 1.54) is 6.08 Å². The van der Waals surface area contributed by atoms with E-state index in [9.17, 15) is 4.79 Å². The second kappa shape index (κ2) is 8.60. The zero-order chi connectivity index (χ0) is 14.2. The molecule has 2 rings (SSSR count). The summed E-state index contributed by atoms with van der Waals surface area (Å²) in [4.78, 5) is 14.3. The molecule has 1 amide bonds. The summed E-state index contributed by atoms with van der Waals surface area (Å²) in [5, 5.41) is 2.60. The van der Waals surface area contributed by atoms with Crippen molar-refractivity contribution in [2.24, 2.45) is 0 Å². The van der Waals surface area contributed by atoms with Crippen molar-refractivity contribution in [1.29, 1.82) is 0 Å². The summed E-state index contributed by atoms with van der Waals surface area (Å²) in [6.45, 7) is 3.65. The van der Waals surface area contributed by atoms with Gasteiger partial charge in [-0.2, -0.15) is 0 Å². The van der Waals surface area contributed by atoms with Gasteiger partial charge in [0.05, 0.1) is 0 Å². The highest BCUT2D eigenvalue weighted by molar-refractivity contribution is 5.84. The summed E-state index contributed by atoms with van der Waals surface area (Å²) in [6.07, 6.45) is 4.54. The van der Waals surface area contributed by atoms with Crippen LogP contribution in [0.5, 0.6) is 11.5 Å². The largest absolute Gasteiger partial charge is 1.00 e. The molecule has 0 aliphatic rings. The molecule has 0 aliphatic carbocycles. The van der Waals surface area contributed by atoms with Crippen LogP contribution in [-0.4, -0.2) is 12.7 Å². The van der Waals surface area contributed by atoms with Crippen LogP contribution in [-0.2, 0) is 4.74 Å². The number of hydrogen-bond acceptors (Lipinski definition) is 3. The predicted molar refractivity (Wildman–Crippen MR) is 74.7 cm³/mol. The van der Waals surface area contributed by atoms with Crippen LogP contribution < -0.4 is 27.4 Å². The molecule has 5 nitrogen and oxygen atoms in total. The van der Waals surface area contributed by atoms with Crippen molar-refractivity contribution in [3.63, 3.8) is 0 Å². The van der Waals surface area contributed by atoms with Crippen LogP contribution >= 0.6 is 0 Å². The molecule has 21 heavy (non-hydrogen) atoms. The van der Waals surface area contributed by atoms with Gasteiger partial charge in [-0.15, -0.1) is 0 Å². The molecular weight excluding hydrogens is 292 g/mol. The number of aromatic nitrogens is 1. The third kappa shape index (κ3) is 5.54. The van der Waals surface area contributed by atoms with E-state index >= 15 is 0 Å². The van der Waals surface area contributed by atoms with Crippen LogP contribution in [0.3, 0.4) is 0 Å². The standard InChI is InChI=1S/C15H14N2O3.ClH/c1-2-10-19-15(18)17-12-5-7-13(8-6-12)20-14-4-3-9-16-11-14;/h2-9,11H,1,10H2,(H,17,18);1H. The van der Waals surface area contributed by atoms with Gasteiger partial charge in [0, 0.05) is 11.8 Å². The molecule has 0 unspecified atom stereocenters. The van der Waals surface area contributed by atoms with Gasteiger partial charge >= 0.3 is 6.09 Å². The van der Waals surface area contributed by atoms with Crippen LogP contribution in [0.15, 0.2) is 61.4 Å². The van der Waals surface area contributed by atoms with Crippen LogP contribution in [0.25, 0.3) is 0 Å². The summed E-state index contributed by atoms with van der Waals surface area (Å²) in [5.74, 6) is 1.38. The summed E-state index contributed by atoms with van der Waals surface area (Å²) in [6, 6.07) is 10.7. The van der Waals surface area contributed by atoms with Gasteiger partial charge in [-0.1, -0.05) is 12.7 Å². The summed E-state index contributed by atoms with van der Waals surface area (Å²) >= 11 is 0. The quantitative estimate of drug-likeness (QED) is 0.793. The Hall–Kier alpha value is -2.53. The van der Waals surface area contributed by atoms with Crippen molar-refractivity contribution in [3.8, 4) is 11.5 Å². The van der Waals surface area contributed by atoms with Crippen molar-refractivity contribution in [2.45, 2.75) is 0 Å². The lowest BCUT2D eigenvalue weighted by Crippen LogP contribution is -3.00. The molecular formula is C15H15ClN2O3. The number of nitrogens with one attached hydrogen (secondary N) is 2. The molecule has 0 spiro atoms. The molecule has 1 heterocycles. The smallest absolute Gasteiger partial charge is 0.411 e. The van der Waals surface area contributed by atoms with E-state index in [-0.39, 0.29) is 19.0 Å². The first-order valence-electron chi connectivity index (χ1n) is 6.06. The molecule has 0 saturated heterocycles. The summed E-state index contributed by atoms with van der Waals surface area (Å²) in [7, 11) is 0. The molecule has 1 aromatic carbocycles. The molecule has 0 atom stereocenters. The summed E-state index contributed by atoms with van der Waals surface area (Å²) < 4.78 is 10.4. The zero-order valence-electron chi connectivity index (χ0n) is 11.2. The van der Waals surface area contributed by atoms with Gasteiger partial charge < -0.3 is 21.9 Å². The van der Waals surface area contributed by atoms with Crippen molar-refractivity contribution < 1.29 is 31.7 Å². The second-order valence-corrected chi connectivity index (χ2v) is 3.88. The highest BCUT2D eigenvalue weighted by atomic mass is 35.5. The van der Waals surface area contributed by atoms with Gasteiger partial charge in [0.2, 0.25) is 6.20 Å². The molecule has 0 fully saturated rings. The van der Waals surface area contributed by atoms with E-state index < -0.39 is 6.09 Å². The predicted octanol–water partition coefficient (Wildman–Crippen LogP) is 0.0315. The Bertz CT molecular complexity index is 573. The Morgan fingerprint density at radius 2 is 2.00 bits per heavy atom. The van der Waals surface area contributed by atoms with E-state index in [1.807, 2.05) is 12.1 Å². The number of carbonyl (C=O) groups is 1. The SMILES string of the molecule is C=CCOC(=O)Nc1ccc(Oc2ccc[nH+]c2)cc1.[Cl-]. The lowest BCUT2D eigenvalue weighted by Gasteiger charge is -2.07. The number of aromatic amines is 1. The van der Waals surface area contributed by atoms with Crippen molar-refractivity contribution in [3.05, 3.63) is 61.4 Å². The maximum absolute atomic E-state index is 11.3. The Labute approximate surface area is 129 Å². The number of pyridine rings is 1. The van der Waals surface area contributed by atoms with Gasteiger partial charge in [-0.3, -0.25) is 5.32 Å². The Kier molecular flexibility index (Phi) is 6.77. The highest BCUT2D eigenvalue weighted by Crippen LogP contribution is 2.21. The van der Waals surface area contributed by atoms with Crippen LogP contribution in [0.2, 0.25) is 0 Å². The second-order valence-electron chi connectivity index (χ2n) is 3.88. The zero-order valence-corrected chi connectivity index (χ0v) is 12.0. The van der Waals surface area contributed by atoms with Gasteiger partial charge in [0.1, 0.15) is 12.4 Å². The molecule has 2 aromatic rings. The van der Waals surface area contributed by atoms with Crippen LogP contribution in [0, 0.1) is 0 Å². The lowest BCUT2D eigenvalue weighted by molar-refractivity contribution is -0.378. The van der Waals surface area contributed by atoms with Crippen molar-refractivity contribution in [2.75, 3.05) is 11.9 Å². The van der Waals surface area contributed by atoms with E-state index in [2.05, 4.69) is 16.9 Å². The lowest BCUT2D eigenvalue weighted by atomic mass is 10.3. The minimum atomic E-state index is -0.517. The first-order chi connectivity index (χ1) is 9.78. The molecule has 0 bridgehead atoms. The first-order valence-corrected chi connectivity index (χ1v) is 6.06. The number of amides is 1. The third-order valence-corrected chi connectivity index (χ3v) is 2.35. The fourth-order valence-electron chi connectivity index (χ4n) is 1.47. The molecule has 0 aliphatic heterocycles. The number of H-pyrrole nitrogens is 1. The summed E-state index contributed by atoms with van der Waals surface area (Å²) in [5.41, 5.74) is 0.631. The maximum atomic E-state index is 11.3. The Morgan fingerprint density at radius 1 is 1.24 bits per heavy atom. The van der Waals surface area contributed by atoms with E-state index in [0.29, 0.717) is 17.2 Å². The van der Waals surface area contributed by atoms with Crippen molar-refractivity contribution >= 4 is 11.8 Å². The average molecular weight is 307 g/mol. The van der Waals surface area contributed by atoms with E-state index in [0.717, 1.165) is 0 Å². The minimum absolute atomic E-state index is 0. The van der Waals surface area contributed by atoms with Crippen LogP contribution in [0.1, 0.15) is 0 Å². The fraction of sp³-hybridized carbons (Fsp3) is 0.0667. The maximum Gasteiger partial charge on any atom is 0.411 e. The minimum Gasteiger partial charge on any atom is -1.00 e.